The Kier molecular flexibility index (Phi) is 5.28. The predicted octanol–water partition coefficient (Wildman–Crippen LogP) is 1.93. The molecule has 1 saturated heterocycles. The molecule has 0 unspecified atom stereocenters. The van der Waals surface area contributed by atoms with E-state index in [1.54, 1.807) is 13.1 Å². The maximum absolute atomic E-state index is 12.1. The first-order valence-electron chi connectivity index (χ1n) is 8.42. The molecule has 2 aromatic rings. The smallest absolute Gasteiger partial charge is 0.229 e. The van der Waals surface area contributed by atoms with Gasteiger partial charge in [-0.15, -0.1) is 0 Å². The molecule has 130 valence electrons. The number of piperazine rings is 1. The minimum absolute atomic E-state index is 0.0819. The largest absolute Gasteiger partial charge is 0.367 e. The van der Waals surface area contributed by atoms with E-state index in [1.165, 1.54) is 0 Å². The minimum Gasteiger partial charge on any atom is -0.367 e. The number of rotatable bonds is 4. The summed E-state index contributed by atoms with van der Waals surface area (Å²) >= 11 is 0. The molecule has 0 saturated carbocycles. The highest BCUT2D eigenvalue weighted by atomic mass is 16.2. The number of carbonyl (C=O) groups excluding carboxylic acids is 2. The lowest BCUT2D eigenvalue weighted by atomic mass is 10.1. The lowest BCUT2D eigenvalue weighted by molar-refractivity contribution is -0.129. The molecule has 0 radical (unpaired) electrons. The molecule has 0 aliphatic carbocycles. The van der Waals surface area contributed by atoms with Gasteiger partial charge in [0, 0.05) is 33.1 Å². The third-order valence-electron chi connectivity index (χ3n) is 4.31. The Morgan fingerprint density at radius 1 is 1.04 bits per heavy atom. The number of amides is 2. The fourth-order valence-corrected chi connectivity index (χ4v) is 2.89. The van der Waals surface area contributed by atoms with Crippen molar-refractivity contribution in [2.75, 3.05) is 36.4 Å². The van der Waals surface area contributed by atoms with Crippen LogP contribution in [0, 0.1) is 0 Å². The maximum atomic E-state index is 12.1. The second kappa shape index (κ2) is 7.79. The number of anilines is 2. The molecule has 0 atom stereocenters. The molecule has 25 heavy (non-hydrogen) atoms. The molecule has 6 nitrogen and oxygen atoms in total. The van der Waals surface area contributed by atoms with E-state index in [2.05, 4.69) is 15.2 Å². The van der Waals surface area contributed by atoms with E-state index in [9.17, 15) is 9.59 Å². The van der Waals surface area contributed by atoms with Crippen LogP contribution in [0.3, 0.4) is 0 Å². The van der Waals surface area contributed by atoms with Crippen LogP contribution in [0.1, 0.15) is 12.5 Å². The number of carbonyl (C=O) groups is 2. The second-order valence-corrected chi connectivity index (χ2v) is 6.11. The lowest BCUT2D eigenvalue weighted by Gasteiger charge is -2.35. The van der Waals surface area contributed by atoms with Crippen LogP contribution >= 0.6 is 0 Å². The molecule has 1 fully saturated rings. The summed E-state index contributed by atoms with van der Waals surface area (Å²) in [6, 6.07) is 13.4. The first-order valence-corrected chi connectivity index (χ1v) is 8.42. The van der Waals surface area contributed by atoms with Gasteiger partial charge in [0.15, 0.2) is 0 Å². The highest BCUT2D eigenvalue weighted by Gasteiger charge is 2.19. The number of aromatic nitrogens is 1. The summed E-state index contributed by atoms with van der Waals surface area (Å²) in [5, 5.41) is 2.82. The zero-order chi connectivity index (χ0) is 17.6. The average Bonchev–Trinajstić information content (AvgIpc) is 2.63. The highest BCUT2D eigenvalue weighted by Crippen LogP contribution is 2.17. The Balaban J connectivity index is 1.54. The first kappa shape index (κ1) is 17.0. The van der Waals surface area contributed by atoms with E-state index in [4.69, 9.17) is 0 Å². The zero-order valence-electron chi connectivity index (χ0n) is 14.3. The van der Waals surface area contributed by atoms with Crippen LogP contribution in [0.25, 0.3) is 0 Å². The Labute approximate surface area is 147 Å². The summed E-state index contributed by atoms with van der Waals surface area (Å²) in [5.74, 6) is 0.586. The third-order valence-corrected chi connectivity index (χ3v) is 4.31. The van der Waals surface area contributed by atoms with Crippen molar-refractivity contribution in [3.8, 4) is 0 Å². The van der Waals surface area contributed by atoms with Gasteiger partial charge in [0.05, 0.1) is 18.3 Å². The number of nitrogens with one attached hydrogen (secondary N) is 1. The van der Waals surface area contributed by atoms with Crippen LogP contribution in [0.15, 0.2) is 48.7 Å². The van der Waals surface area contributed by atoms with Crippen molar-refractivity contribution in [1.29, 1.82) is 0 Å². The van der Waals surface area contributed by atoms with E-state index in [0.717, 1.165) is 37.4 Å². The Hall–Kier alpha value is -2.89. The number of hydrogen-bond acceptors (Lipinski definition) is 4. The summed E-state index contributed by atoms with van der Waals surface area (Å²) in [5.41, 5.74) is 1.98. The summed E-state index contributed by atoms with van der Waals surface area (Å²) in [7, 11) is 0. The molecular formula is C19H22N4O2. The van der Waals surface area contributed by atoms with E-state index in [1.807, 2.05) is 47.4 Å². The van der Waals surface area contributed by atoms with Gasteiger partial charge >= 0.3 is 0 Å². The molecule has 2 heterocycles. The molecule has 6 heteroatoms. The zero-order valence-corrected chi connectivity index (χ0v) is 14.3. The summed E-state index contributed by atoms with van der Waals surface area (Å²) in [6.45, 7) is 4.64. The van der Waals surface area contributed by atoms with Gasteiger partial charge in [0.25, 0.3) is 0 Å². The van der Waals surface area contributed by atoms with Crippen molar-refractivity contribution < 1.29 is 9.59 Å². The van der Waals surface area contributed by atoms with Gasteiger partial charge in [0.1, 0.15) is 5.82 Å². The molecule has 1 aromatic carbocycles. The van der Waals surface area contributed by atoms with Gasteiger partial charge in [-0.05, 0) is 17.7 Å². The summed E-state index contributed by atoms with van der Waals surface area (Å²) < 4.78 is 0. The Bertz CT molecular complexity index is 723. The Morgan fingerprint density at radius 3 is 2.36 bits per heavy atom. The molecule has 1 aromatic heterocycles. The molecular weight excluding hydrogens is 316 g/mol. The minimum atomic E-state index is -0.0819. The number of benzene rings is 1. The van der Waals surface area contributed by atoms with Gasteiger partial charge in [-0.25, -0.2) is 4.98 Å². The van der Waals surface area contributed by atoms with Crippen LogP contribution in [-0.4, -0.2) is 47.9 Å². The first-order chi connectivity index (χ1) is 12.1. The highest BCUT2D eigenvalue weighted by molar-refractivity contribution is 5.91. The fourth-order valence-electron chi connectivity index (χ4n) is 2.89. The topological polar surface area (TPSA) is 65.5 Å². The van der Waals surface area contributed by atoms with Gasteiger partial charge in [0.2, 0.25) is 11.8 Å². The molecule has 1 N–H and O–H groups in total. The van der Waals surface area contributed by atoms with Gasteiger partial charge < -0.3 is 15.1 Å². The molecule has 0 spiro atoms. The van der Waals surface area contributed by atoms with Gasteiger partial charge in [-0.2, -0.15) is 0 Å². The van der Waals surface area contributed by atoms with Crippen molar-refractivity contribution in [1.82, 2.24) is 9.88 Å². The SMILES string of the molecule is CC(=O)N1CCN(c2ccc(NC(=O)Cc3ccccc3)nc2)CC1. The fraction of sp³-hybridized carbons (Fsp3) is 0.316. The molecule has 2 amide bonds. The van der Waals surface area contributed by atoms with Crippen LogP contribution < -0.4 is 10.2 Å². The predicted molar refractivity (Wildman–Crippen MR) is 97.5 cm³/mol. The van der Waals surface area contributed by atoms with E-state index in [-0.39, 0.29) is 11.8 Å². The van der Waals surface area contributed by atoms with Gasteiger partial charge in [-0.1, -0.05) is 30.3 Å². The van der Waals surface area contributed by atoms with Crippen molar-refractivity contribution in [2.45, 2.75) is 13.3 Å². The third kappa shape index (κ3) is 4.56. The molecule has 3 rings (SSSR count). The van der Waals surface area contributed by atoms with E-state index >= 15 is 0 Å². The van der Waals surface area contributed by atoms with Crippen molar-refractivity contribution >= 4 is 23.3 Å². The van der Waals surface area contributed by atoms with E-state index < -0.39 is 0 Å². The molecule has 1 aliphatic heterocycles. The number of pyridine rings is 1. The maximum Gasteiger partial charge on any atom is 0.229 e. The van der Waals surface area contributed by atoms with Crippen molar-refractivity contribution in [2.24, 2.45) is 0 Å². The standard InChI is InChI=1S/C19H22N4O2/c1-15(24)22-9-11-23(12-10-22)17-7-8-18(20-14-17)21-19(25)13-16-5-3-2-4-6-16/h2-8,14H,9-13H2,1H3,(H,20,21,25). The molecule has 0 bridgehead atoms. The number of nitrogens with zero attached hydrogens (tertiary/aromatic N) is 3. The monoisotopic (exact) mass is 338 g/mol. The summed E-state index contributed by atoms with van der Waals surface area (Å²) in [4.78, 5) is 31.8. The second-order valence-electron chi connectivity index (χ2n) is 6.11. The van der Waals surface area contributed by atoms with Crippen molar-refractivity contribution in [3.05, 3.63) is 54.2 Å². The lowest BCUT2D eigenvalue weighted by Crippen LogP contribution is -2.48. The van der Waals surface area contributed by atoms with Crippen molar-refractivity contribution in [3.63, 3.8) is 0 Å². The van der Waals surface area contributed by atoms with E-state index in [0.29, 0.717) is 12.2 Å². The van der Waals surface area contributed by atoms with Crippen LogP contribution in [0.5, 0.6) is 0 Å². The molecule has 1 aliphatic rings. The van der Waals surface area contributed by atoms with Crippen LogP contribution in [0.2, 0.25) is 0 Å². The van der Waals surface area contributed by atoms with Crippen LogP contribution in [0.4, 0.5) is 11.5 Å². The Morgan fingerprint density at radius 2 is 1.76 bits per heavy atom. The quantitative estimate of drug-likeness (QED) is 0.925. The van der Waals surface area contributed by atoms with Gasteiger partial charge in [-0.3, -0.25) is 9.59 Å². The normalized spacial score (nSPS) is 14.3. The number of hydrogen-bond donors (Lipinski definition) is 1. The summed E-state index contributed by atoms with van der Waals surface area (Å²) in [6.07, 6.45) is 2.10. The van der Waals surface area contributed by atoms with Crippen LogP contribution in [-0.2, 0) is 16.0 Å². The average molecular weight is 338 g/mol.